The molecule has 0 spiro atoms. The lowest BCUT2D eigenvalue weighted by Crippen LogP contribution is -2.10. The van der Waals surface area contributed by atoms with Crippen molar-refractivity contribution in [3.8, 4) is 5.88 Å². The molecule has 5 nitrogen and oxygen atoms in total. The molecule has 19 heavy (non-hydrogen) atoms. The van der Waals surface area contributed by atoms with Crippen LogP contribution in [0.3, 0.4) is 0 Å². The number of allylic oxidation sites excluding steroid dienone is 2. The van der Waals surface area contributed by atoms with Gasteiger partial charge in [0.2, 0.25) is 5.88 Å². The minimum atomic E-state index is -0.392. The molecule has 0 bridgehead atoms. The fraction of sp³-hybridized carbons (Fsp3) is 0.571. The Morgan fingerprint density at radius 1 is 1.42 bits per heavy atom. The predicted octanol–water partition coefficient (Wildman–Crippen LogP) is 2.81. The molecule has 0 saturated carbocycles. The molecule has 0 radical (unpaired) electrons. The number of rotatable bonds is 7. The summed E-state index contributed by atoms with van der Waals surface area (Å²) in [4.78, 5) is 11.8. The number of aromatic nitrogens is 2. The summed E-state index contributed by atoms with van der Waals surface area (Å²) in [5, 5.41) is 4.19. The summed E-state index contributed by atoms with van der Waals surface area (Å²) in [6.45, 7) is 9.29. The molecule has 1 heterocycles. The van der Waals surface area contributed by atoms with E-state index in [0.29, 0.717) is 31.2 Å². The van der Waals surface area contributed by atoms with E-state index in [2.05, 4.69) is 5.10 Å². The van der Waals surface area contributed by atoms with Gasteiger partial charge in [0.1, 0.15) is 5.56 Å². The number of carbonyl (C=O) groups excluding carboxylic acids is 1. The van der Waals surface area contributed by atoms with Crippen molar-refractivity contribution >= 4 is 5.97 Å². The van der Waals surface area contributed by atoms with Crippen molar-refractivity contribution in [2.45, 2.75) is 40.7 Å². The lowest BCUT2D eigenvalue weighted by Gasteiger charge is -2.09. The van der Waals surface area contributed by atoms with Crippen LogP contribution < -0.4 is 4.74 Å². The first-order valence-electron chi connectivity index (χ1n) is 6.59. The van der Waals surface area contributed by atoms with Crippen LogP contribution in [0, 0.1) is 0 Å². The maximum Gasteiger partial charge on any atom is 0.345 e. The lowest BCUT2D eigenvalue weighted by atomic mass is 10.3. The Labute approximate surface area is 114 Å². The first-order valence-corrected chi connectivity index (χ1v) is 6.59. The van der Waals surface area contributed by atoms with Gasteiger partial charge in [0.05, 0.1) is 26.0 Å². The van der Waals surface area contributed by atoms with E-state index in [0.717, 1.165) is 6.42 Å². The number of ether oxygens (including phenoxy) is 2. The van der Waals surface area contributed by atoms with Crippen LogP contribution in [-0.2, 0) is 11.3 Å². The van der Waals surface area contributed by atoms with E-state index in [4.69, 9.17) is 9.47 Å². The summed E-state index contributed by atoms with van der Waals surface area (Å²) in [5.74, 6) is 0.0925. The number of hydrogen-bond donors (Lipinski definition) is 0. The van der Waals surface area contributed by atoms with Crippen molar-refractivity contribution in [2.75, 3.05) is 13.2 Å². The third-order valence-corrected chi connectivity index (χ3v) is 2.40. The van der Waals surface area contributed by atoms with Crippen LogP contribution in [-0.4, -0.2) is 29.0 Å². The van der Waals surface area contributed by atoms with E-state index < -0.39 is 5.97 Å². The van der Waals surface area contributed by atoms with E-state index in [-0.39, 0.29) is 0 Å². The van der Waals surface area contributed by atoms with Gasteiger partial charge in [0.15, 0.2) is 0 Å². The van der Waals surface area contributed by atoms with Crippen molar-refractivity contribution in [1.29, 1.82) is 0 Å². The Hall–Kier alpha value is -1.78. The van der Waals surface area contributed by atoms with Gasteiger partial charge < -0.3 is 9.47 Å². The SMILES string of the molecule is CCCOc1c(C(=O)OCC)cnn1CC=C(C)C. The number of hydrogen-bond acceptors (Lipinski definition) is 4. The topological polar surface area (TPSA) is 53.4 Å². The minimum Gasteiger partial charge on any atom is -0.477 e. The molecular formula is C14H22N2O3. The van der Waals surface area contributed by atoms with E-state index in [1.807, 2.05) is 26.8 Å². The van der Waals surface area contributed by atoms with E-state index in [1.165, 1.54) is 11.8 Å². The Balaban J connectivity index is 2.97. The predicted molar refractivity (Wildman–Crippen MR) is 73.4 cm³/mol. The molecule has 0 fully saturated rings. The van der Waals surface area contributed by atoms with Crippen LogP contribution in [0.1, 0.15) is 44.5 Å². The summed E-state index contributed by atoms with van der Waals surface area (Å²) in [7, 11) is 0. The maximum atomic E-state index is 11.8. The van der Waals surface area contributed by atoms with Gasteiger partial charge in [-0.2, -0.15) is 5.10 Å². The summed E-state index contributed by atoms with van der Waals surface area (Å²) in [6.07, 6.45) is 4.40. The van der Waals surface area contributed by atoms with Crippen LogP contribution in [0.15, 0.2) is 17.8 Å². The molecule has 0 unspecified atom stereocenters. The molecule has 0 saturated heterocycles. The molecule has 1 aromatic heterocycles. The van der Waals surface area contributed by atoms with Gasteiger partial charge in [-0.15, -0.1) is 0 Å². The molecule has 0 aliphatic heterocycles. The third kappa shape index (κ3) is 4.43. The van der Waals surface area contributed by atoms with Crippen LogP contribution in [0.5, 0.6) is 5.88 Å². The van der Waals surface area contributed by atoms with Crippen LogP contribution in [0.25, 0.3) is 0 Å². The first kappa shape index (κ1) is 15.3. The van der Waals surface area contributed by atoms with E-state index in [9.17, 15) is 4.79 Å². The standard InChI is InChI=1S/C14H22N2O3/c1-5-9-19-13-12(14(17)18-6-2)10-15-16(13)8-7-11(3)4/h7,10H,5-6,8-9H2,1-4H3. The van der Waals surface area contributed by atoms with Crippen molar-refractivity contribution in [2.24, 2.45) is 0 Å². The Bertz CT molecular complexity index is 446. The van der Waals surface area contributed by atoms with Gasteiger partial charge in [0.25, 0.3) is 0 Å². The molecule has 1 aromatic rings. The van der Waals surface area contributed by atoms with Crippen molar-refractivity contribution in [3.05, 3.63) is 23.4 Å². The van der Waals surface area contributed by atoms with Gasteiger partial charge >= 0.3 is 5.97 Å². The number of esters is 1. The second-order valence-corrected chi connectivity index (χ2v) is 4.40. The average Bonchev–Trinajstić information content (AvgIpc) is 2.77. The maximum absolute atomic E-state index is 11.8. The molecule has 106 valence electrons. The monoisotopic (exact) mass is 266 g/mol. The van der Waals surface area contributed by atoms with Crippen LogP contribution >= 0.6 is 0 Å². The van der Waals surface area contributed by atoms with E-state index >= 15 is 0 Å². The van der Waals surface area contributed by atoms with Crippen molar-refractivity contribution in [3.63, 3.8) is 0 Å². The highest BCUT2D eigenvalue weighted by molar-refractivity contribution is 5.91. The zero-order valence-electron chi connectivity index (χ0n) is 12.1. The molecular weight excluding hydrogens is 244 g/mol. The third-order valence-electron chi connectivity index (χ3n) is 2.40. The van der Waals surface area contributed by atoms with Gasteiger partial charge in [-0.3, -0.25) is 0 Å². The second-order valence-electron chi connectivity index (χ2n) is 4.40. The first-order chi connectivity index (χ1) is 9.10. The fourth-order valence-corrected chi connectivity index (χ4v) is 1.47. The lowest BCUT2D eigenvalue weighted by molar-refractivity contribution is 0.0521. The zero-order valence-corrected chi connectivity index (χ0v) is 12.1. The quantitative estimate of drug-likeness (QED) is 0.562. The fourth-order valence-electron chi connectivity index (χ4n) is 1.47. The highest BCUT2D eigenvalue weighted by Crippen LogP contribution is 2.20. The minimum absolute atomic E-state index is 0.338. The number of carbonyl (C=O) groups is 1. The summed E-state index contributed by atoms with van der Waals surface area (Å²) in [6, 6.07) is 0. The summed E-state index contributed by atoms with van der Waals surface area (Å²) < 4.78 is 12.3. The van der Waals surface area contributed by atoms with Crippen molar-refractivity contribution in [1.82, 2.24) is 9.78 Å². The number of nitrogens with zero attached hydrogens (tertiary/aromatic N) is 2. The zero-order chi connectivity index (χ0) is 14.3. The molecule has 0 aromatic carbocycles. The van der Waals surface area contributed by atoms with Crippen molar-refractivity contribution < 1.29 is 14.3 Å². The second kappa shape index (κ2) is 7.61. The Morgan fingerprint density at radius 2 is 2.16 bits per heavy atom. The van der Waals surface area contributed by atoms with Gasteiger partial charge in [-0.25, -0.2) is 9.48 Å². The van der Waals surface area contributed by atoms with E-state index in [1.54, 1.807) is 11.6 Å². The van der Waals surface area contributed by atoms with Gasteiger partial charge in [-0.05, 0) is 27.2 Å². The van der Waals surface area contributed by atoms with Gasteiger partial charge in [0, 0.05) is 0 Å². The van der Waals surface area contributed by atoms with Crippen LogP contribution in [0.4, 0.5) is 0 Å². The normalized spacial score (nSPS) is 10.1. The largest absolute Gasteiger partial charge is 0.477 e. The Kier molecular flexibility index (Phi) is 6.12. The molecule has 0 aliphatic rings. The highest BCUT2D eigenvalue weighted by atomic mass is 16.5. The summed E-state index contributed by atoms with van der Waals surface area (Å²) >= 11 is 0. The molecule has 5 heteroatoms. The molecule has 0 atom stereocenters. The average molecular weight is 266 g/mol. The molecule has 0 amide bonds. The molecule has 0 N–H and O–H groups in total. The molecule has 1 rings (SSSR count). The Morgan fingerprint density at radius 3 is 2.74 bits per heavy atom. The van der Waals surface area contributed by atoms with Crippen LogP contribution in [0.2, 0.25) is 0 Å². The molecule has 0 aliphatic carbocycles. The summed E-state index contributed by atoms with van der Waals surface area (Å²) in [5.41, 5.74) is 1.58. The van der Waals surface area contributed by atoms with Gasteiger partial charge in [-0.1, -0.05) is 18.6 Å². The smallest absolute Gasteiger partial charge is 0.345 e. The highest BCUT2D eigenvalue weighted by Gasteiger charge is 2.19.